The van der Waals surface area contributed by atoms with Crippen molar-refractivity contribution in [2.24, 2.45) is 11.7 Å². The molecule has 1 amide bonds. The van der Waals surface area contributed by atoms with Crippen LogP contribution in [0.25, 0.3) is 11.3 Å². The highest BCUT2D eigenvalue weighted by Gasteiger charge is 2.34. The number of hydrogen-bond donors (Lipinski definition) is 3. The number of aliphatic hydroxyl groups excluding tert-OH is 1. The van der Waals surface area contributed by atoms with Gasteiger partial charge in [0.05, 0.1) is 18.0 Å². The van der Waals surface area contributed by atoms with Crippen molar-refractivity contribution in [1.82, 2.24) is 9.97 Å². The van der Waals surface area contributed by atoms with Crippen molar-refractivity contribution in [3.8, 4) is 11.3 Å². The second-order valence-corrected chi connectivity index (χ2v) is 8.37. The fraction of sp³-hybridized carbons (Fsp3) is 0.292. The highest BCUT2D eigenvalue weighted by molar-refractivity contribution is 6.03. The van der Waals surface area contributed by atoms with Gasteiger partial charge in [-0.2, -0.15) is 0 Å². The quantitative estimate of drug-likeness (QED) is 0.551. The first-order chi connectivity index (χ1) is 15.7. The van der Waals surface area contributed by atoms with Crippen molar-refractivity contribution in [2.45, 2.75) is 37.8 Å². The first-order valence-electron chi connectivity index (χ1n) is 10.6. The molecule has 1 aromatic carbocycles. The summed E-state index contributed by atoms with van der Waals surface area (Å²) in [6, 6.07) is 6.14. The largest absolute Gasteiger partial charge is 0.391 e. The van der Waals surface area contributed by atoms with Gasteiger partial charge >= 0.3 is 0 Å². The summed E-state index contributed by atoms with van der Waals surface area (Å²) in [7, 11) is 0. The molecule has 2 heterocycles. The lowest BCUT2D eigenvalue weighted by molar-refractivity contribution is 0.0521. The third kappa shape index (κ3) is 4.74. The Kier molecular flexibility index (Phi) is 6.44. The molecule has 172 valence electrons. The van der Waals surface area contributed by atoms with Crippen LogP contribution in [0.4, 0.5) is 18.9 Å². The zero-order valence-electron chi connectivity index (χ0n) is 17.8. The van der Waals surface area contributed by atoms with E-state index in [0.717, 1.165) is 35.9 Å². The van der Waals surface area contributed by atoms with E-state index in [0.29, 0.717) is 18.5 Å². The Hall–Kier alpha value is -3.30. The number of carbonyl (C=O) groups is 1. The van der Waals surface area contributed by atoms with Crippen LogP contribution in [-0.4, -0.2) is 33.1 Å². The van der Waals surface area contributed by atoms with Crippen molar-refractivity contribution >= 4 is 11.6 Å². The third-order valence-electron chi connectivity index (χ3n) is 6.04. The molecule has 1 fully saturated rings. The van der Waals surface area contributed by atoms with E-state index in [2.05, 4.69) is 15.3 Å². The number of rotatable bonds is 4. The Bertz CT molecular complexity index is 1180. The number of anilines is 1. The fourth-order valence-corrected chi connectivity index (χ4v) is 4.32. The summed E-state index contributed by atoms with van der Waals surface area (Å²) in [6.45, 7) is 1.92. The molecule has 33 heavy (non-hydrogen) atoms. The van der Waals surface area contributed by atoms with Gasteiger partial charge in [0.2, 0.25) is 0 Å². The summed E-state index contributed by atoms with van der Waals surface area (Å²) in [5.41, 5.74) is 6.32. The average molecular weight is 456 g/mol. The van der Waals surface area contributed by atoms with Crippen LogP contribution in [0.15, 0.2) is 48.8 Å². The SMILES string of the molecule is C[C@H]1C[C@@H](c2ccncc2NC(=O)c2ccc(F)c(-c3cc(F)ccc3F)n2)C[C@@H](N)[C@@H]1O. The molecule has 1 aliphatic rings. The summed E-state index contributed by atoms with van der Waals surface area (Å²) < 4.78 is 42.1. The topological polar surface area (TPSA) is 101 Å². The number of nitrogens with two attached hydrogens (primary N) is 1. The molecule has 9 heteroatoms. The molecule has 0 spiro atoms. The van der Waals surface area contributed by atoms with Gasteiger partial charge in [0.15, 0.2) is 0 Å². The zero-order valence-corrected chi connectivity index (χ0v) is 17.8. The van der Waals surface area contributed by atoms with Gasteiger partial charge in [-0.25, -0.2) is 18.2 Å². The van der Waals surface area contributed by atoms with Gasteiger partial charge in [0.1, 0.15) is 28.8 Å². The molecule has 0 aliphatic heterocycles. The molecule has 6 nitrogen and oxygen atoms in total. The summed E-state index contributed by atoms with van der Waals surface area (Å²) >= 11 is 0. The molecule has 4 N–H and O–H groups in total. The maximum absolute atomic E-state index is 14.3. The lowest BCUT2D eigenvalue weighted by Gasteiger charge is -2.36. The molecule has 2 aromatic heterocycles. The zero-order chi connectivity index (χ0) is 23.7. The normalized spacial score (nSPS) is 22.7. The van der Waals surface area contributed by atoms with Crippen LogP contribution in [0.5, 0.6) is 0 Å². The summed E-state index contributed by atoms with van der Waals surface area (Å²) in [6.07, 6.45) is 3.72. The predicted octanol–water partition coefficient (Wildman–Crippen LogP) is 4.01. The number of pyridine rings is 2. The number of carbonyl (C=O) groups excluding carboxylic acids is 1. The fourth-order valence-electron chi connectivity index (χ4n) is 4.32. The van der Waals surface area contributed by atoms with Crippen molar-refractivity contribution in [3.05, 3.63) is 77.5 Å². The Balaban J connectivity index is 1.62. The first kappa shape index (κ1) is 22.9. The van der Waals surface area contributed by atoms with Crippen LogP contribution in [0.3, 0.4) is 0 Å². The van der Waals surface area contributed by atoms with E-state index >= 15 is 0 Å². The van der Waals surface area contributed by atoms with Crippen LogP contribution in [0, 0.1) is 23.4 Å². The molecule has 3 aromatic rings. The molecule has 0 saturated heterocycles. The Morgan fingerprint density at radius 1 is 1.12 bits per heavy atom. The first-order valence-corrected chi connectivity index (χ1v) is 10.6. The molecule has 1 aliphatic carbocycles. The minimum atomic E-state index is -0.887. The standard InChI is InChI=1S/C24H23F3N4O2/c1-12-8-13(9-19(28)23(12)32)15-6-7-29-11-21(15)31-24(33)20-5-4-18(27)22(30-20)16-10-14(25)2-3-17(16)26/h2-7,10-13,19,23,32H,8-9,28H2,1H3,(H,31,33)/t12-,13+,19+,23+/m0/s1. The molecule has 0 bridgehead atoms. The minimum absolute atomic E-state index is 0.00479. The van der Waals surface area contributed by atoms with Gasteiger partial charge in [-0.3, -0.25) is 9.78 Å². The van der Waals surface area contributed by atoms with Crippen LogP contribution in [0.2, 0.25) is 0 Å². The van der Waals surface area contributed by atoms with Crippen LogP contribution < -0.4 is 11.1 Å². The lowest BCUT2D eigenvalue weighted by Crippen LogP contribution is -2.44. The number of nitrogens with one attached hydrogen (secondary N) is 1. The van der Waals surface area contributed by atoms with Gasteiger partial charge in [0, 0.05) is 17.8 Å². The van der Waals surface area contributed by atoms with Crippen LogP contribution in [0.1, 0.15) is 41.7 Å². The Labute approximate surface area is 188 Å². The minimum Gasteiger partial charge on any atom is -0.391 e. The van der Waals surface area contributed by atoms with E-state index in [-0.39, 0.29) is 23.1 Å². The van der Waals surface area contributed by atoms with Crippen molar-refractivity contribution in [3.63, 3.8) is 0 Å². The lowest BCUT2D eigenvalue weighted by atomic mass is 9.74. The Morgan fingerprint density at radius 2 is 1.88 bits per heavy atom. The predicted molar refractivity (Wildman–Crippen MR) is 117 cm³/mol. The summed E-state index contributed by atoms with van der Waals surface area (Å²) in [4.78, 5) is 20.9. The number of benzene rings is 1. The number of amides is 1. The van der Waals surface area contributed by atoms with Gasteiger partial charge < -0.3 is 16.2 Å². The second-order valence-electron chi connectivity index (χ2n) is 8.37. The monoisotopic (exact) mass is 456 g/mol. The molecule has 1 saturated carbocycles. The molecule has 4 atom stereocenters. The number of nitrogens with zero attached hydrogens (tertiary/aromatic N) is 2. The van der Waals surface area contributed by atoms with Crippen molar-refractivity contribution in [1.29, 1.82) is 0 Å². The van der Waals surface area contributed by atoms with Crippen molar-refractivity contribution < 1.29 is 23.1 Å². The second kappa shape index (κ2) is 9.29. The molecular weight excluding hydrogens is 433 g/mol. The smallest absolute Gasteiger partial charge is 0.274 e. The summed E-state index contributed by atoms with van der Waals surface area (Å²) in [5, 5.41) is 12.9. The van der Waals surface area contributed by atoms with E-state index in [1.807, 2.05) is 6.92 Å². The highest BCUT2D eigenvalue weighted by atomic mass is 19.1. The number of aromatic nitrogens is 2. The molecule has 4 rings (SSSR count). The van der Waals surface area contributed by atoms with E-state index in [1.165, 1.54) is 6.20 Å². The van der Waals surface area contributed by atoms with E-state index in [9.17, 15) is 23.1 Å². The van der Waals surface area contributed by atoms with E-state index in [1.54, 1.807) is 12.3 Å². The van der Waals surface area contributed by atoms with Gasteiger partial charge in [0.25, 0.3) is 5.91 Å². The number of aliphatic hydroxyl groups is 1. The number of hydrogen-bond acceptors (Lipinski definition) is 5. The molecule has 0 unspecified atom stereocenters. The van der Waals surface area contributed by atoms with Crippen molar-refractivity contribution in [2.75, 3.05) is 5.32 Å². The van der Waals surface area contributed by atoms with Gasteiger partial charge in [-0.15, -0.1) is 0 Å². The van der Waals surface area contributed by atoms with Gasteiger partial charge in [-0.1, -0.05) is 6.92 Å². The van der Waals surface area contributed by atoms with Gasteiger partial charge in [-0.05, 0) is 66.6 Å². The Morgan fingerprint density at radius 3 is 2.64 bits per heavy atom. The van der Waals surface area contributed by atoms with Crippen LogP contribution >= 0.6 is 0 Å². The number of halogens is 3. The third-order valence-corrected chi connectivity index (χ3v) is 6.04. The maximum Gasteiger partial charge on any atom is 0.274 e. The highest BCUT2D eigenvalue weighted by Crippen LogP contribution is 2.38. The molecular formula is C24H23F3N4O2. The van der Waals surface area contributed by atoms with E-state index in [4.69, 9.17) is 5.73 Å². The summed E-state index contributed by atoms with van der Waals surface area (Å²) in [5.74, 6) is -3.18. The molecule has 0 radical (unpaired) electrons. The average Bonchev–Trinajstić information content (AvgIpc) is 2.79. The van der Waals surface area contributed by atoms with E-state index < -0.39 is 41.2 Å². The van der Waals surface area contributed by atoms with Crippen LogP contribution in [-0.2, 0) is 0 Å². The maximum atomic E-state index is 14.3.